The van der Waals surface area contributed by atoms with E-state index in [2.05, 4.69) is 10.3 Å². The van der Waals surface area contributed by atoms with Crippen LogP contribution in [0.25, 0.3) is 0 Å². The van der Waals surface area contributed by atoms with Crippen LogP contribution in [0.1, 0.15) is 43.8 Å². The summed E-state index contributed by atoms with van der Waals surface area (Å²) in [7, 11) is 0. The molecule has 2 fully saturated rings. The third-order valence-electron chi connectivity index (χ3n) is 4.85. The number of ether oxygens (including phenoxy) is 1. The molecule has 2 heterocycles. The van der Waals surface area contributed by atoms with Gasteiger partial charge in [0.25, 0.3) is 0 Å². The van der Waals surface area contributed by atoms with E-state index in [1.807, 2.05) is 0 Å². The lowest BCUT2D eigenvalue weighted by Gasteiger charge is -2.29. The van der Waals surface area contributed by atoms with E-state index in [1.54, 1.807) is 12.1 Å². The Morgan fingerprint density at radius 2 is 2.19 bits per heavy atom. The average molecular weight is 391 g/mol. The molecular formula is C17H18ClF3N2O3. The van der Waals surface area contributed by atoms with Crippen molar-refractivity contribution in [3.63, 3.8) is 0 Å². The second-order valence-electron chi connectivity index (χ2n) is 6.98. The lowest BCUT2D eigenvalue weighted by atomic mass is 9.82. The number of carbonyl (C=O) groups is 2. The molecule has 3 rings (SSSR count). The van der Waals surface area contributed by atoms with Gasteiger partial charge in [-0.2, -0.15) is 13.2 Å². The molecule has 2 aliphatic rings. The molecule has 2 unspecified atom stereocenters. The summed E-state index contributed by atoms with van der Waals surface area (Å²) in [6.07, 6.45) is -3.03. The zero-order valence-electron chi connectivity index (χ0n) is 13.8. The van der Waals surface area contributed by atoms with Gasteiger partial charge >= 0.3 is 12.1 Å². The largest absolute Gasteiger partial charge is 0.457 e. The minimum absolute atomic E-state index is 0.219. The summed E-state index contributed by atoms with van der Waals surface area (Å²) in [6, 6.07) is 3.18. The first-order chi connectivity index (χ1) is 12.2. The Kier molecular flexibility index (Phi) is 5.14. The van der Waals surface area contributed by atoms with Crippen LogP contribution in [-0.4, -0.2) is 29.6 Å². The summed E-state index contributed by atoms with van der Waals surface area (Å²) >= 11 is 5.87. The van der Waals surface area contributed by atoms with Gasteiger partial charge < -0.3 is 10.1 Å². The highest BCUT2D eigenvalue weighted by molar-refractivity contribution is 6.29. The molecule has 0 bridgehead atoms. The number of pyridine rings is 1. The molecule has 0 spiro atoms. The monoisotopic (exact) mass is 390 g/mol. The molecule has 0 radical (unpaired) electrons. The van der Waals surface area contributed by atoms with Crippen LogP contribution in [0.3, 0.4) is 0 Å². The summed E-state index contributed by atoms with van der Waals surface area (Å²) in [5, 5.41) is 2.38. The average Bonchev–Trinajstić information content (AvgIpc) is 3.27. The van der Waals surface area contributed by atoms with E-state index in [0.717, 1.165) is 12.8 Å². The van der Waals surface area contributed by atoms with Crippen LogP contribution in [0.15, 0.2) is 18.3 Å². The Morgan fingerprint density at radius 1 is 1.46 bits per heavy atom. The van der Waals surface area contributed by atoms with E-state index in [9.17, 15) is 22.8 Å². The van der Waals surface area contributed by atoms with Crippen molar-refractivity contribution in [2.75, 3.05) is 6.54 Å². The Labute approximate surface area is 153 Å². The third kappa shape index (κ3) is 4.28. The Balaban J connectivity index is 1.73. The maximum absolute atomic E-state index is 13.5. The van der Waals surface area contributed by atoms with Crippen LogP contribution in [-0.2, 0) is 14.3 Å². The molecule has 142 valence electrons. The smallest absolute Gasteiger partial charge is 0.397 e. The number of rotatable bonds is 6. The molecule has 1 aliphatic carbocycles. The number of aromatic nitrogens is 1. The van der Waals surface area contributed by atoms with Gasteiger partial charge in [0.05, 0.1) is 6.42 Å². The van der Waals surface area contributed by atoms with Crippen molar-refractivity contribution in [1.29, 1.82) is 0 Å². The second kappa shape index (κ2) is 7.06. The SMILES string of the molecule is O=C1CC(CC(=O)OC(CC2CC2)c2ccnc(Cl)c2)(C(F)(F)F)CN1. The Bertz CT molecular complexity index is 709. The number of alkyl halides is 3. The summed E-state index contributed by atoms with van der Waals surface area (Å²) in [6.45, 7) is -0.612. The number of nitrogens with zero attached hydrogens (tertiary/aromatic N) is 1. The number of esters is 1. The van der Waals surface area contributed by atoms with E-state index in [0.29, 0.717) is 17.9 Å². The molecule has 1 N–H and O–H groups in total. The van der Waals surface area contributed by atoms with Gasteiger partial charge in [-0.05, 0) is 30.0 Å². The minimum atomic E-state index is -4.68. The summed E-state index contributed by atoms with van der Waals surface area (Å²) < 4.78 is 45.8. The molecule has 1 aliphatic heterocycles. The molecule has 9 heteroatoms. The van der Waals surface area contributed by atoms with Crippen molar-refractivity contribution in [2.24, 2.45) is 11.3 Å². The second-order valence-corrected chi connectivity index (χ2v) is 7.37. The highest BCUT2D eigenvalue weighted by Crippen LogP contribution is 2.47. The first-order valence-electron chi connectivity index (χ1n) is 8.33. The van der Waals surface area contributed by atoms with Crippen LogP contribution >= 0.6 is 11.6 Å². The summed E-state index contributed by atoms with van der Waals surface area (Å²) in [5.74, 6) is -1.31. The van der Waals surface area contributed by atoms with Crippen LogP contribution in [0.5, 0.6) is 0 Å². The van der Waals surface area contributed by atoms with Crippen molar-refractivity contribution in [3.8, 4) is 0 Å². The van der Waals surface area contributed by atoms with Crippen LogP contribution in [0.2, 0.25) is 5.15 Å². The van der Waals surface area contributed by atoms with E-state index in [4.69, 9.17) is 16.3 Å². The van der Waals surface area contributed by atoms with Gasteiger partial charge in [-0.15, -0.1) is 0 Å². The predicted molar refractivity (Wildman–Crippen MR) is 86.2 cm³/mol. The topological polar surface area (TPSA) is 68.3 Å². The molecular weight excluding hydrogens is 373 g/mol. The standard InChI is InChI=1S/C17H18ClF3N2O3/c18-13-6-11(3-4-22-13)12(5-10-1-2-10)26-15(25)8-16(17(19,20)21)7-14(24)23-9-16/h3-4,6,10,12H,1-2,5,7-9H2,(H,23,24). The molecule has 5 nitrogen and oxygen atoms in total. The molecule has 26 heavy (non-hydrogen) atoms. The van der Waals surface area contributed by atoms with E-state index >= 15 is 0 Å². The fraction of sp³-hybridized carbons (Fsp3) is 0.588. The maximum Gasteiger partial charge on any atom is 0.397 e. The van der Waals surface area contributed by atoms with Crippen molar-refractivity contribution >= 4 is 23.5 Å². The van der Waals surface area contributed by atoms with Crippen LogP contribution < -0.4 is 5.32 Å². The highest BCUT2D eigenvalue weighted by atomic mass is 35.5. The van der Waals surface area contributed by atoms with Gasteiger partial charge in [0.15, 0.2) is 0 Å². The third-order valence-corrected chi connectivity index (χ3v) is 5.05. The fourth-order valence-corrected chi connectivity index (χ4v) is 3.31. The predicted octanol–water partition coefficient (Wildman–Crippen LogP) is 3.58. The number of carbonyl (C=O) groups excluding carboxylic acids is 2. The van der Waals surface area contributed by atoms with Gasteiger partial charge in [-0.1, -0.05) is 24.4 Å². The molecule has 1 saturated heterocycles. The van der Waals surface area contributed by atoms with Crippen molar-refractivity contribution in [3.05, 3.63) is 29.0 Å². The minimum Gasteiger partial charge on any atom is -0.457 e. The number of halogens is 4. The first-order valence-corrected chi connectivity index (χ1v) is 8.71. The van der Waals surface area contributed by atoms with Crippen molar-refractivity contribution in [2.45, 2.75) is 44.4 Å². The normalized spacial score (nSPS) is 24.2. The lowest BCUT2D eigenvalue weighted by molar-refractivity contribution is -0.224. The number of hydrogen-bond donors (Lipinski definition) is 1. The quantitative estimate of drug-likeness (QED) is 0.595. The number of amides is 1. The molecule has 1 saturated carbocycles. The van der Waals surface area contributed by atoms with E-state index in [-0.39, 0.29) is 5.15 Å². The molecule has 1 amide bonds. The summed E-state index contributed by atoms with van der Waals surface area (Å²) in [4.78, 5) is 27.5. The van der Waals surface area contributed by atoms with E-state index in [1.165, 1.54) is 6.20 Å². The van der Waals surface area contributed by atoms with Crippen molar-refractivity contribution < 1.29 is 27.5 Å². The van der Waals surface area contributed by atoms with Gasteiger partial charge in [0, 0.05) is 19.2 Å². The highest BCUT2D eigenvalue weighted by Gasteiger charge is 2.59. The molecule has 1 aromatic heterocycles. The van der Waals surface area contributed by atoms with Crippen LogP contribution in [0.4, 0.5) is 13.2 Å². The Morgan fingerprint density at radius 3 is 2.73 bits per heavy atom. The zero-order valence-corrected chi connectivity index (χ0v) is 14.6. The van der Waals surface area contributed by atoms with Gasteiger partial charge in [0.1, 0.15) is 16.7 Å². The van der Waals surface area contributed by atoms with Crippen LogP contribution in [0, 0.1) is 11.3 Å². The van der Waals surface area contributed by atoms with Gasteiger partial charge in [-0.3, -0.25) is 9.59 Å². The molecule has 2 atom stereocenters. The molecule has 0 aromatic carbocycles. The zero-order chi connectivity index (χ0) is 18.9. The van der Waals surface area contributed by atoms with E-state index < -0.39 is 49.0 Å². The maximum atomic E-state index is 13.5. The number of nitrogens with one attached hydrogen (secondary N) is 1. The first kappa shape index (κ1) is 18.9. The van der Waals surface area contributed by atoms with Gasteiger partial charge in [0.2, 0.25) is 5.91 Å². The van der Waals surface area contributed by atoms with Gasteiger partial charge in [-0.25, -0.2) is 4.98 Å². The Hall–Kier alpha value is -1.83. The fourth-order valence-electron chi connectivity index (χ4n) is 3.13. The molecule has 1 aromatic rings. The number of hydrogen-bond acceptors (Lipinski definition) is 4. The summed E-state index contributed by atoms with van der Waals surface area (Å²) in [5.41, 5.74) is -1.81. The lowest BCUT2D eigenvalue weighted by Crippen LogP contribution is -2.42. The van der Waals surface area contributed by atoms with Crippen molar-refractivity contribution in [1.82, 2.24) is 10.3 Å².